The van der Waals surface area contributed by atoms with Crippen LogP contribution in [0.4, 0.5) is 5.69 Å². The molecule has 0 fully saturated rings. The van der Waals surface area contributed by atoms with Crippen molar-refractivity contribution in [2.75, 3.05) is 6.61 Å². The second-order valence-corrected chi connectivity index (χ2v) is 3.85. The molecule has 1 aromatic rings. The predicted octanol–water partition coefficient (Wildman–Crippen LogP) is 0.830. The van der Waals surface area contributed by atoms with Gasteiger partial charge in [0.15, 0.2) is 0 Å². The van der Waals surface area contributed by atoms with Gasteiger partial charge >= 0.3 is 0 Å². The van der Waals surface area contributed by atoms with Crippen LogP contribution in [0.3, 0.4) is 0 Å². The van der Waals surface area contributed by atoms with Crippen LogP contribution in [0.25, 0.3) is 0 Å². The van der Waals surface area contributed by atoms with Gasteiger partial charge in [0.25, 0.3) is 0 Å². The topological polar surface area (TPSA) is 49.7 Å². The molecule has 4 heteroatoms. The van der Waals surface area contributed by atoms with Crippen molar-refractivity contribution >= 4 is 21.5 Å². The normalized spacial score (nSPS) is 20.4. The van der Waals surface area contributed by atoms with Gasteiger partial charge in [-0.1, -0.05) is 12.1 Å². The zero-order valence-electron chi connectivity index (χ0n) is 6.23. The van der Waals surface area contributed by atoms with E-state index in [0.717, 1.165) is 0 Å². The summed E-state index contributed by atoms with van der Waals surface area (Å²) in [6, 6.07) is 7.19. The van der Waals surface area contributed by atoms with Crippen LogP contribution in [-0.4, -0.2) is 21.0 Å². The number of rotatable bonds is 1. The Kier molecular flexibility index (Phi) is 1.78. The van der Waals surface area contributed by atoms with Crippen LogP contribution in [0, 0.1) is 0 Å². The lowest BCUT2D eigenvalue weighted by atomic mass is 10.3. The van der Waals surface area contributed by atoms with E-state index in [0.29, 0.717) is 15.6 Å². The molecule has 0 saturated heterocycles. The Hall–Kier alpha value is -1.00. The maximum absolute atomic E-state index is 11.4. The lowest BCUT2D eigenvalue weighted by Crippen LogP contribution is -2.07. The Bertz CT molecular complexity index is 373. The van der Waals surface area contributed by atoms with Gasteiger partial charge in [0.05, 0.1) is 17.2 Å². The van der Waals surface area contributed by atoms with E-state index in [1.54, 1.807) is 12.1 Å². The highest BCUT2D eigenvalue weighted by atomic mass is 32.2. The number of aliphatic imine (C=N–C) groups is 1. The molecule has 1 unspecified atom stereocenters. The molecule has 1 heterocycles. The van der Waals surface area contributed by atoms with E-state index in [1.165, 1.54) is 0 Å². The summed E-state index contributed by atoms with van der Waals surface area (Å²) in [6.45, 7) is -0.235. The molecule has 1 N–H and O–H groups in total. The first-order chi connectivity index (χ1) is 5.83. The highest BCUT2D eigenvalue weighted by Gasteiger charge is 2.21. The molecular weight excluding hydrogens is 174 g/mol. The molecule has 62 valence electrons. The van der Waals surface area contributed by atoms with Gasteiger partial charge in [-0.15, -0.1) is 0 Å². The van der Waals surface area contributed by atoms with Crippen LogP contribution in [0.15, 0.2) is 34.2 Å². The second kappa shape index (κ2) is 2.80. The van der Waals surface area contributed by atoms with Crippen LogP contribution in [-0.2, 0) is 10.8 Å². The van der Waals surface area contributed by atoms with Gasteiger partial charge in [0.2, 0.25) is 0 Å². The van der Waals surface area contributed by atoms with Crippen molar-refractivity contribution in [3.05, 3.63) is 24.3 Å². The Morgan fingerprint density at radius 3 is 2.83 bits per heavy atom. The van der Waals surface area contributed by atoms with Gasteiger partial charge in [-0.3, -0.25) is 0 Å². The number of aliphatic hydroxyl groups excluding tert-OH is 1. The minimum atomic E-state index is -1.24. The van der Waals surface area contributed by atoms with E-state index in [-0.39, 0.29) is 6.61 Å². The van der Waals surface area contributed by atoms with Crippen molar-refractivity contribution in [2.45, 2.75) is 4.90 Å². The molecule has 0 saturated carbocycles. The summed E-state index contributed by atoms with van der Waals surface area (Å²) in [7, 11) is -1.24. The number of benzene rings is 1. The molecule has 1 aromatic carbocycles. The minimum Gasteiger partial charge on any atom is -0.389 e. The predicted molar refractivity (Wildman–Crippen MR) is 47.0 cm³/mol. The summed E-state index contributed by atoms with van der Waals surface area (Å²) in [5.41, 5.74) is 0.708. The third kappa shape index (κ3) is 1.00. The fourth-order valence-electron chi connectivity index (χ4n) is 1.10. The molecule has 2 rings (SSSR count). The van der Waals surface area contributed by atoms with Gasteiger partial charge in [-0.05, 0) is 12.1 Å². The van der Waals surface area contributed by atoms with E-state index in [4.69, 9.17) is 5.11 Å². The molecule has 1 aliphatic rings. The van der Waals surface area contributed by atoms with Crippen LogP contribution in [0.1, 0.15) is 0 Å². The van der Waals surface area contributed by atoms with Gasteiger partial charge in [-0.25, -0.2) is 9.20 Å². The lowest BCUT2D eigenvalue weighted by Gasteiger charge is -1.92. The first-order valence-electron chi connectivity index (χ1n) is 3.52. The molecule has 1 aliphatic heterocycles. The Morgan fingerprint density at radius 1 is 1.42 bits per heavy atom. The van der Waals surface area contributed by atoms with E-state index < -0.39 is 10.8 Å². The van der Waals surface area contributed by atoms with Gasteiger partial charge in [0, 0.05) is 0 Å². The molecular formula is C8H7NO2S. The van der Waals surface area contributed by atoms with Crippen molar-refractivity contribution in [2.24, 2.45) is 4.99 Å². The third-order valence-electron chi connectivity index (χ3n) is 1.66. The molecule has 3 nitrogen and oxygen atoms in total. The number of hydrogen-bond donors (Lipinski definition) is 1. The number of hydrogen-bond acceptors (Lipinski definition) is 3. The van der Waals surface area contributed by atoms with Crippen molar-refractivity contribution in [3.8, 4) is 0 Å². The maximum Gasteiger partial charge on any atom is 0.135 e. The molecule has 0 radical (unpaired) electrons. The summed E-state index contributed by atoms with van der Waals surface area (Å²) < 4.78 is 11.4. The van der Waals surface area contributed by atoms with E-state index in [1.807, 2.05) is 12.1 Å². The number of fused-ring (bicyclic) bond motifs is 1. The third-order valence-corrected chi connectivity index (χ3v) is 3.05. The largest absolute Gasteiger partial charge is 0.389 e. The number of para-hydroxylation sites is 1. The molecule has 0 spiro atoms. The number of nitrogens with zero attached hydrogens (tertiary/aromatic N) is 1. The molecule has 12 heavy (non-hydrogen) atoms. The Balaban J connectivity index is 2.54. The van der Waals surface area contributed by atoms with Crippen molar-refractivity contribution in [1.29, 1.82) is 0 Å². The first-order valence-corrected chi connectivity index (χ1v) is 4.67. The minimum absolute atomic E-state index is 0.235. The van der Waals surface area contributed by atoms with Crippen LogP contribution < -0.4 is 0 Å². The van der Waals surface area contributed by atoms with Crippen molar-refractivity contribution in [3.63, 3.8) is 0 Å². The van der Waals surface area contributed by atoms with E-state index >= 15 is 0 Å². The average Bonchev–Trinajstić information content (AvgIpc) is 2.44. The lowest BCUT2D eigenvalue weighted by molar-refractivity contribution is 0.360. The van der Waals surface area contributed by atoms with Crippen molar-refractivity contribution in [1.82, 2.24) is 0 Å². The van der Waals surface area contributed by atoms with E-state index in [9.17, 15) is 4.21 Å². The molecule has 0 aromatic heterocycles. The summed E-state index contributed by atoms with van der Waals surface area (Å²) in [5.74, 6) is 0. The Morgan fingerprint density at radius 2 is 2.17 bits per heavy atom. The van der Waals surface area contributed by atoms with Crippen molar-refractivity contribution < 1.29 is 9.32 Å². The van der Waals surface area contributed by atoms with Gasteiger partial charge in [-0.2, -0.15) is 0 Å². The van der Waals surface area contributed by atoms with Gasteiger partial charge in [0.1, 0.15) is 15.8 Å². The SMILES string of the molecule is O=S1C(CO)=Nc2ccccc21. The smallest absolute Gasteiger partial charge is 0.135 e. The number of aliphatic hydroxyl groups is 1. The zero-order valence-corrected chi connectivity index (χ0v) is 7.04. The fraction of sp³-hybridized carbons (Fsp3) is 0.125. The first kappa shape index (κ1) is 7.64. The zero-order chi connectivity index (χ0) is 8.55. The summed E-state index contributed by atoms with van der Waals surface area (Å²) in [5, 5.41) is 9.13. The molecule has 0 amide bonds. The van der Waals surface area contributed by atoms with E-state index in [2.05, 4.69) is 4.99 Å². The Labute approximate surface area is 72.2 Å². The highest BCUT2D eigenvalue weighted by Crippen LogP contribution is 2.29. The fourth-order valence-corrected chi connectivity index (χ4v) is 2.16. The summed E-state index contributed by atoms with van der Waals surface area (Å²) >= 11 is 0. The summed E-state index contributed by atoms with van der Waals surface area (Å²) in [6.07, 6.45) is 0. The quantitative estimate of drug-likeness (QED) is 0.697. The highest BCUT2D eigenvalue weighted by molar-refractivity contribution is 8.01. The standard InChI is InChI=1S/C8H7NO2S/c10-5-8-9-6-3-1-2-4-7(6)12(8)11/h1-4,10H,5H2. The average molecular weight is 181 g/mol. The van der Waals surface area contributed by atoms with Crippen LogP contribution >= 0.6 is 0 Å². The summed E-state index contributed by atoms with van der Waals surface area (Å²) in [4.78, 5) is 4.71. The van der Waals surface area contributed by atoms with Gasteiger partial charge < -0.3 is 5.11 Å². The van der Waals surface area contributed by atoms with Crippen LogP contribution in [0.2, 0.25) is 0 Å². The second-order valence-electron chi connectivity index (χ2n) is 2.40. The molecule has 0 bridgehead atoms. The maximum atomic E-state index is 11.4. The molecule has 0 aliphatic carbocycles. The monoisotopic (exact) mass is 181 g/mol. The van der Waals surface area contributed by atoms with Crippen LogP contribution in [0.5, 0.6) is 0 Å². The molecule has 1 atom stereocenters.